The monoisotopic (exact) mass is 412 g/mol. The average molecular weight is 412 g/mol. The molecular formula is C19H20F2N4O4. The summed E-state index contributed by atoms with van der Waals surface area (Å²) in [5.74, 6) is -3.20. The predicted molar refractivity (Wildman–Crippen MR) is 101 cm³/mol. The summed E-state index contributed by atoms with van der Waals surface area (Å²) in [4.78, 5) is 28.4. The van der Waals surface area contributed by atoms with Crippen molar-refractivity contribution in [2.45, 2.75) is 18.9 Å². The van der Waals surface area contributed by atoms with E-state index in [0.29, 0.717) is 6.07 Å². The lowest BCUT2D eigenvalue weighted by molar-refractivity contribution is -0.384. The molecule has 0 bridgehead atoms. The quantitative estimate of drug-likeness (QED) is 0.554. The first-order chi connectivity index (χ1) is 16.2. The first kappa shape index (κ1) is 13.8. The minimum absolute atomic E-state index is 0.0594. The van der Waals surface area contributed by atoms with Crippen molar-refractivity contribution in [2.24, 2.45) is 0 Å². The molecule has 1 amide bonds. The van der Waals surface area contributed by atoms with E-state index in [1.54, 1.807) is 0 Å². The third-order valence-corrected chi connectivity index (χ3v) is 4.45. The van der Waals surface area contributed by atoms with E-state index in [1.807, 2.05) is 0 Å². The van der Waals surface area contributed by atoms with Gasteiger partial charge in [-0.15, -0.1) is 0 Å². The standard InChI is InChI=1S/C19H20F2N4O4/c1-23(2)19(26)15-10-16(17(11-22-15)25(27)28)24-7-5-13(6-8-24)29-18-4-3-12(20)9-14(18)21/h3-4,9-11,13H,5-8H2,1-2H3/i1D3,2D3. The van der Waals surface area contributed by atoms with Crippen LogP contribution in [0.1, 0.15) is 31.6 Å². The van der Waals surface area contributed by atoms with Crippen molar-refractivity contribution in [3.63, 3.8) is 0 Å². The number of amides is 1. The molecule has 1 aromatic heterocycles. The summed E-state index contributed by atoms with van der Waals surface area (Å²) in [7, 11) is 0. The van der Waals surface area contributed by atoms with Gasteiger partial charge in [0.15, 0.2) is 11.6 Å². The number of rotatable bonds is 5. The van der Waals surface area contributed by atoms with Crippen LogP contribution in [0.3, 0.4) is 0 Å². The van der Waals surface area contributed by atoms with Crippen LogP contribution in [0.5, 0.6) is 5.75 Å². The molecule has 0 spiro atoms. The van der Waals surface area contributed by atoms with Gasteiger partial charge in [0, 0.05) is 54.2 Å². The second-order valence-corrected chi connectivity index (χ2v) is 6.33. The highest BCUT2D eigenvalue weighted by Crippen LogP contribution is 2.31. The molecule has 1 aliphatic rings. The van der Waals surface area contributed by atoms with Crippen LogP contribution in [-0.2, 0) is 0 Å². The molecule has 0 atom stereocenters. The number of hydrogen-bond donors (Lipinski definition) is 0. The zero-order chi connectivity index (χ0) is 26.1. The number of carbonyl (C=O) groups excluding carboxylic acids is 1. The number of piperidine rings is 1. The van der Waals surface area contributed by atoms with E-state index >= 15 is 0 Å². The number of hydrogen-bond acceptors (Lipinski definition) is 6. The van der Waals surface area contributed by atoms with Crippen LogP contribution in [0.15, 0.2) is 30.5 Å². The highest BCUT2D eigenvalue weighted by atomic mass is 19.1. The number of anilines is 1. The van der Waals surface area contributed by atoms with Crippen molar-refractivity contribution in [2.75, 3.05) is 31.9 Å². The van der Waals surface area contributed by atoms with Gasteiger partial charge in [0.2, 0.25) is 0 Å². The Labute approximate surface area is 174 Å². The summed E-state index contributed by atoms with van der Waals surface area (Å²) < 4.78 is 76.9. The van der Waals surface area contributed by atoms with Gasteiger partial charge < -0.3 is 14.5 Å². The molecule has 1 saturated heterocycles. The first-order valence-corrected chi connectivity index (χ1v) is 8.54. The molecule has 3 rings (SSSR count). The number of nitrogens with zero attached hydrogens (tertiary/aromatic N) is 4. The summed E-state index contributed by atoms with van der Waals surface area (Å²) in [6, 6.07) is 3.87. The van der Waals surface area contributed by atoms with Gasteiger partial charge in [-0.3, -0.25) is 14.9 Å². The van der Waals surface area contributed by atoms with E-state index in [2.05, 4.69) is 4.98 Å². The zero-order valence-electron chi connectivity index (χ0n) is 21.0. The number of pyridine rings is 1. The van der Waals surface area contributed by atoms with Crippen molar-refractivity contribution in [1.29, 1.82) is 0 Å². The third-order valence-electron chi connectivity index (χ3n) is 4.45. The minimum atomic E-state index is -3.31. The summed E-state index contributed by atoms with van der Waals surface area (Å²) in [6.07, 6.45) is 0.859. The van der Waals surface area contributed by atoms with Gasteiger partial charge in [-0.25, -0.2) is 13.8 Å². The van der Waals surface area contributed by atoms with E-state index in [-0.39, 0.29) is 42.3 Å². The first-order valence-electron chi connectivity index (χ1n) is 11.5. The molecule has 2 aromatic rings. The third kappa shape index (κ3) is 4.58. The number of nitro groups is 1. The average Bonchev–Trinajstić information content (AvgIpc) is 2.73. The molecule has 1 fully saturated rings. The second-order valence-electron chi connectivity index (χ2n) is 6.33. The van der Waals surface area contributed by atoms with E-state index in [4.69, 9.17) is 13.0 Å². The van der Waals surface area contributed by atoms with Crippen LogP contribution in [0.4, 0.5) is 20.2 Å². The molecule has 29 heavy (non-hydrogen) atoms. The summed E-state index contributed by atoms with van der Waals surface area (Å²) >= 11 is 0. The van der Waals surface area contributed by atoms with Crippen LogP contribution >= 0.6 is 0 Å². The fourth-order valence-corrected chi connectivity index (χ4v) is 3.03. The molecule has 1 aliphatic heterocycles. The molecule has 0 radical (unpaired) electrons. The van der Waals surface area contributed by atoms with Crippen LogP contribution in [-0.4, -0.2) is 53.9 Å². The largest absolute Gasteiger partial charge is 0.487 e. The molecule has 10 heteroatoms. The molecule has 8 nitrogen and oxygen atoms in total. The van der Waals surface area contributed by atoms with Gasteiger partial charge in [-0.05, 0) is 18.2 Å². The lowest BCUT2D eigenvalue weighted by Gasteiger charge is -2.33. The van der Waals surface area contributed by atoms with Crippen molar-refractivity contribution in [3.05, 3.63) is 57.9 Å². The van der Waals surface area contributed by atoms with Crippen LogP contribution < -0.4 is 9.64 Å². The van der Waals surface area contributed by atoms with Crippen molar-refractivity contribution in [1.82, 2.24) is 9.88 Å². The Morgan fingerprint density at radius 1 is 1.34 bits per heavy atom. The van der Waals surface area contributed by atoms with Gasteiger partial charge >= 0.3 is 5.69 Å². The van der Waals surface area contributed by atoms with Crippen molar-refractivity contribution < 1.29 is 31.5 Å². The number of aromatic nitrogens is 1. The smallest absolute Gasteiger partial charge is 0.310 e. The topological polar surface area (TPSA) is 88.8 Å². The minimum Gasteiger partial charge on any atom is -0.487 e. The van der Waals surface area contributed by atoms with Gasteiger partial charge in [0.1, 0.15) is 29.5 Å². The maximum atomic E-state index is 13.9. The molecule has 0 N–H and O–H groups in total. The SMILES string of the molecule is [2H]C([2H])([2H])N(C(=O)c1cc(N2CCC(Oc3ccc(F)cc3F)CC2)c([N+](=O)[O-])cn1)C([2H])([2H])[2H]. The lowest BCUT2D eigenvalue weighted by atomic mass is 10.1. The molecule has 0 aliphatic carbocycles. The Morgan fingerprint density at radius 2 is 2.07 bits per heavy atom. The van der Waals surface area contributed by atoms with E-state index < -0.39 is 53.9 Å². The Morgan fingerprint density at radius 3 is 2.69 bits per heavy atom. The second kappa shape index (κ2) is 8.38. The molecule has 0 unspecified atom stereocenters. The Hall–Kier alpha value is -3.30. The number of benzene rings is 1. The van der Waals surface area contributed by atoms with Gasteiger partial charge in [-0.2, -0.15) is 0 Å². The molecule has 1 aromatic carbocycles. The lowest BCUT2D eigenvalue weighted by Crippen LogP contribution is -2.39. The van der Waals surface area contributed by atoms with E-state index in [0.717, 1.165) is 24.4 Å². The fraction of sp³-hybridized carbons (Fsp3) is 0.368. The normalized spacial score (nSPS) is 18.5. The molecule has 0 saturated carbocycles. The molecule has 2 heterocycles. The highest BCUT2D eigenvalue weighted by Gasteiger charge is 2.28. The van der Waals surface area contributed by atoms with Gasteiger partial charge in [-0.1, -0.05) is 0 Å². The van der Waals surface area contributed by atoms with Crippen molar-refractivity contribution in [3.8, 4) is 5.75 Å². The van der Waals surface area contributed by atoms with Gasteiger partial charge in [0.25, 0.3) is 5.91 Å². The van der Waals surface area contributed by atoms with E-state index in [9.17, 15) is 23.7 Å². The number of ether oxygens (including phenoxy) is 1. The Kier molecular flexibility index (Phi) is 3.99. The maximum absolute atomic E-state index is 13.9. The Balaban J connectivity index is 1.83. The van der Waals surface area contributed by atoms with E-state index in [1.165, 1.54) is 4.90 Å². The number of carbonyl (C=O) groups is 1. The fourth-order valence-electron chi connectivity index (χ4n) is 3.03. The number of halogens is 2. The highest BCUT2D eigenvalue weighted by molar-refractivity contribution is 5.93. The van der Waals surface area contributed by atoms with Crippen molar-refractivity contribution >= 4 is 17.3 Å². The maximum Gasteiger partial charge on any atom is 0.310 e. The van der Waals surface area contributed by atoms with Crippen LogP contribution in [0, 0.1) is 21.7 Å². The predicted octanol–water partition coefficient (Wildman–Crippen LogP) is 3.02. The summed E-state index contributed by atoms with van der Waals surface area (Å²) in [5, 5.41) is 11.5. The zero-order valence-corrected chi connectivity index (χ0v) is 15.0. The molecular weight excluding hydrogens is 386 g/mol. The Bertz CT molecular complexity index is 1110. The van der Waals surface area contributed by atoms with Gasteiger partial charge in [0.05, 0.1) is 4.92 Å². The van der Waals surface area contributed by atoms with Crippen LogP contribution in [0.25, 0.3) is 0 Å². The summed E-state index contributed by atoms with van der Waals surface area (Å²) in [5.41, 5.74) is -1.12. The molecule has 154 valence electrons. The van der Waals surface area contributed by atoms with Crippen LogP contribution in [0.2, 0.25) is 0 Å². The summed E-state index contributed by atoms with van der Waals surface area (Å²) in [6.45, 7) is -6.27.